The van der Waals surface area contributed by atoms with E-state index in [9.17, 15) is 9.59 Å². The molecule has 2 aliphatic rings. The van der Waals surface area contributed by atoms with Crippen LogP contribution in [0.1, 0.15) is 36.5 Å². The molecule has 0 N–H and O–H groups in total. The molecule has 0 saturated carbocycles. The molecule has 0 aromatic heterocycles. The fourth-order valence-corrected chi connectivity index (χ4v) is 4.93. The lowest BCUT2D eigenvalue weighted by Crippen LogP contribution is -2.29. The molecule has 0 atom stereocenters. The number of benzene rings is 2. The number of amides is 2. The van der Waals surface area contributed by atoms with Crippen molar-refractivity contribution in [3.8, 4) is 0 Å². The summed E-state index contributed by atoms with van der Waals surface area (Å²) in [6.07, 6.45) is 1.92. The summed E-state index contributed by atoms with van der Waals surface area (Å²) >= 11 is 6.74. The zero-order chi connectivity index (χ0) is 20.5. The van der Waals surface area contributed by atoms with Gasteiger partial charge in [0.2, 0.25) is 0 Å². The van der Waals surface area contributed by atoms with Crippen molar-refractivity contribution in [1.29, 1.82) is 0 Å². The monoisotopic (exact) mass is 422 g/mol. The Morgan fingerprint density at radius 3 is 2.41 bits per heavy atom. The highest BCUT2D eigenvalue weighted by atomic mass is 32.2. The maximum Gasteiger partial charge on any atom is 0.267 e. The molecule has 0 radical (unpaired) electrons. The molecule has 1 fully saturated rings. The van der Waals surface area contributed by atoms with Gasteiger partial charge in [-0.05, 0) is 25.0 Å². The first-order valence-corrected chi connectivity index (χ1v) is 11.0. The molecule has 4 rings (SSSR count). The van der Waals surface area contributed by atoms with Crippen LogP contribution in [0, 0.1) is 6.92 Å². The van der Waals surface area contributed by atoms with E-state index in [0.29, 0.717) is 27.9 Å². The van der Waals surface area contributed by atoms with Gasteiger partial charge in [-0.15, -0.1) is 0 Å². The summed E-state index contributed by atoms with van der Waals surface area (Å²) in [4.78, 5) is 30.3. The molecule has 29 heavy (non-hydrogen) atoms. The maximum atomic E-state index is 13.3. The van der Waals surface area contributed by atoms with Crippen LogP contribution in [0.3, 0.4) is 0 Å². The second-order valence-electron chi connectivity index (χ2n) is 7.28. The smallest absolute Gasteiger partial charge is 0.267 e. The molecule has 6 heteroatoms. The van der Waals surface area contributed by atoms with Crippen molar-refractivity contribution >= 4 is 51.4 Å². The number of hydrogen-bond acceptors (Lipinski definition) is 4. The van der Waals surface area contributed by atoms with E-state index < -0.39 is 0 Å². The van der Waals surface area contributed by atoms with Gasteiger partial charge in [0.15, 0.2) is 0 Å². The average Bonchev–Trinajstić information content (AvgIpc) is 3.15. The first kappa shape index (κ1) is 19.9. The number of hydrogen-bond donors (Lipinski definition) is 0. The molecule has 2 heterocycles. The highest BCUT2D eigenvalue weighted by Gasteiger charge is 2.41. The van der Waals surface area contributed by atoms with Gasteiger partial charge < -0.3 is 4.90 Å². The second-order valence-corrected chi connectivity index (χ2v) is 8.92. The minimum absolute atomic E-state index is 0.101. The molecular formula is C23H22N2O2S2. The van der Waals surface area contributed by atoms with Crippen LogP contribution in [0.2, 0.25) is 0 Å². The normalized spacial score (nSPS) is 18.8. The number of rotatable bonds is 5. The van der Waals surface area contributed by atoms with Crippen LogP contribution in [-0.4, -0.2) is 27.6 Å². The van der Waals surface area contributed by atoms with Crippen LogP contribution in [-0.2, 0) is 16.1 Å². The summed E-state index contributed by atoms with van der Waals surface area (Å²) in [5.74, 6) is -0.286. The van der Waals surface area contributed by atoms with Crippen molar-refractivity contribution in [2.75, 3.05) is 11.4 Å². The van der Waals surface area contributed by atoms with Crippen LogP contribution >= 0.6 is 24.0 Å². The largest absolute Gasteiger partial charge is 0.308 e. The van der Waals surface area contributed by atoms with E-state index in [2.05, 4.69) is 6.92 Å². The molecule has 2 amide bonds. The predicted molar refractivity (Wildman–Crippen MR) is 123 cm³/mol. The maximum absolute atomic E-state index is 13.3. The van der Waals surface area contributed by atoms with Gasteiger partial charge in [-0.2, -0.15) is 0 Å². The van der Waals surface area contributed by atoms with Crippen molar-refractivity contribution in [3.05, 3.63) is 70.1 Å². The average molecular weight is 423 g/mol. The number of thioether (sulfide) groups is 1. The van der Waals surface area contributed by atoms with Crippen LogP contribution in [0.25, 0.3) is 5.57 Å². The summed E-state index contributed by atoms with van der Waals surface area (Å²) in [6.45, 7) is 5.20. The third-order valence-electron chi connectivity index (χ3n) is 5.20. The molecule has 148 valence electrons. The summed E-state index contributed by atoms with van der Waals surface area (Å²) in [5.41, 5.74) is 4.37. The van der Waals surface area contributed by atoms with Crippen LogP contribution in [0.15, 0.2) is 53.4 Å². The fourth-order valence-electron chi connectivity index (χ4n) is 3.60. The van der Waals surface area contributed by atoms with Crippen molar-refractivity contribution < 1.29 is 9.59 Å². The molecule has 2 aliphatic heterocycles. The Morgan fingerprint density at radius 2 is 1.69 bits per heavy atom. The van der Waals surface area contributed by atoms with Gasteiger partial charge >= 0.3 is 0 Å². The molecule has 0 spiro atoms. The topological polar surface area (TPSA) is 40.6 Å². The molecule has 2 aromatic rings. The van der Waals surface area contributed by atoms with E-state index >= 15 is 0 Å². The van der Waals surface area contributed by atoms with Crippen molar-refractivity contribution in [3.63, 3.8) is 0 Å². The highest BCUT2D eigenvalue weighted by Crippen LogP contribution is 2.44. The Bertz CT molecular complexity index is 1030. The van der Waals surface area contributed by atoms with E-state index in [1.807, 2.05) is 55.5 Å². The molecular weight excluding hydrogens is 400 g/mol. The lowest BCUT2D eigenvalue weighted by atomic mass is 10.1. The molecule has 0 aliphatic carbocycles. The Labute approximate surface area is 180 Å². The van der Waals surface area contributed by atoms with Gasteiger partial charge in [0.25, 0.3) is 11.8 Å². The molecule has 1 saturated heterocycles. The van der Waals surface area contributed by atoms with Crippen LogP contribution < -0.4 is 4.90 Å². The zero-order valence-electron chi connectivity index (χ0n) is 16.5. The van der Waals surface area contributed by atoms with Gasteiger partial charge in [0.05, 0.1) is 22.7 Å². The summed E-state index contributed by atoms with van der Waals surface area (Å²) in [7, 11) is 0. The quantitative estimate of drug-likeness (QED) is 0.507. The molecule has 0 bridgehead atoms. The third-order valence-corrected chi connectivity index (χ3v) is 6.64. The number of carbonyl (C=O) groups is 2. The summed E-state index contributed by atoms with van der Waals surface area (Å²) in [5, 5.41) is 0. The predicted octanol–water partition coefficient (Wildman–Crippen LogP) is 4.91. The van der Waals surface area contributed by atoms with Gasteiger partial charge in [0.1, 0.15) is 4.32 Å². The fraction of sp³-hybridized carbons (Fsp3) is 0.261. The molecule has 4 nitrogen and oxygen atoms in total. The number of anilines is 1. The van der Waals surface area contributed by atoms with Crippen LogP contribution in [0.5, 0.6) is 0 Å². The summed E-state index contributed by atoms with van der Waals surface area (Å²) in [6, 6.07) is 15.7. The number of unbranched alkanes of at least 4 members (excludes halogenated alkanes) is 1. The van der Waals surface area contributed by atoms with Gasteiger partial charge in [0, 0.05) is 12.1 Å². The zero-order valence-corrected chi connectivity index (χ0v) is 18.1. The van der Waals surface area contributed by atoms with Gasteiger partial charge in [-0.1, -0.05) is 85.4 Å². The number of aryl methyl sites for hydroxylation is 1. The number of fused-ring (bicyclic) bond motifs is 1. The van der Waals surface area contributed by atoms with Crippen molar-refractivity contribution in [2.45, 2.75) is 33.2 Å². The minimum atomic E-state index is -0.184. The third kappa shape index (κ3) is 3.63. The lowest BCUT2D eigenvalue weighted by molar-refractivity contribution is -0.122. The first-order chi connectivity index (χ1) is 14.0. The van der Waals surface area contributed by atoms with Gasteiger partial charge in [-0.25, -0.2) is 0 Å². The lowest BCUT2D eigenvalue weighted by Gasteiger charge is -2.16. The number of thiocarbonyl (C=S) groups is 1. The Hall–Kier alpha value is -2.44. The minimum Gasteiger partial charge on any atom is -0.308 e. The SMILES string of the molecule is CCCCN1C(=O)/C(=C2\SC(=S)N(Cc3ccc(C)cc3)C2=O)c2ccccc21. The van der Waals surface area contributed by atoms with E-state index in [-0.39, 0.29) is 11.8 Å². The highest BCUT2D eigenvalue weighted by molar-refractivity contribution is 8.26. The van der Waals surface area contributed by atoms with Gasteiger partial charge in [-0.3, -0.25) is 14.5 Å². The van der Waals surface area contributed by atoms with E-state index in [4.69, 9.17) is 12.2 Å². The van der Waals surface area contributed by atoms with E-state index in [1.54, 1.807) is 9.80 Å². The van der Waals surface area contributed by atoms with E-state index in [0.717, 1.165) is 29.7 Å². The molecule has 2 aromatic carbocycles. The number of para-hydroxylation sites is 1. The standard InChI is InChI=1S/C23H22N2O2S2/c1-3-4-13-24-18-8-6-5-7-17(18)19(21(24)26)20-22(27)25(23(28)29-20)14-16-11-9-15(2)10-12-16/h5-12H,3-4,13-14H2,1-2H3/b20-19-. The van der Waals surface area contributed by atoms with E-state index in [1.165, 1.54) is 17.3 Å². The second kappa shape index (κ2) is 8.13. The van der Waals surface area contributed by atoms with Crippen LogP contribution in [0.4, 0.5) is 5.69 Å². The van der Waals surface area contributed by atoms with Crippen molar-refractivity contribution in [2.24, 2.45) is 0 Å². The first-order valence-electron chi connectivity index (χ1n) is 9.76. The Kier molecular flexibility index (Phi) is 5.56. The number of carbonyl (C=O) groups excluding carboxylic acids is 2. The molecule has 0 unspecified atom stereocenters. The number of nitrogens with zero attached hydrogens (tertiary/aromatic N) is 2. The Balaban J connectivity index is 1.69. The Morgan fingerprint density at radius 1 is 0.966 bits per heavy atom. The summed E-state index contributed by atoms with van der Waals surface area (Å²) < 4.78 is 0.496. The van der Waals surface area contributed by atoms with Crippen molar-refractivity contribution in [1.82, 2.24) is 4.90 Å².